The van der Waals surface area contributed by atoms with E-state index in [2.05, 4.69) is 25.1 Å². The Morgan fingerprint density at radius 2 is 1.71 bits per heavy atom. The summed E-state index contributed by atoms with van der Waals surface area (Å²) >= 11 is 0. The highest BCUT2D eigenvalue weighted by Crippen LogP contribution is 2.37. The first-order valence-corrected chi connectivity index (χ1v) is 8.29. The van der Waals surface area contributed by atoms with Crippen molar-refractivity contribution in [1.29, 1.82) is 0 Å². The Balaban J connectivity index is 1.81. The van der Waals surface area contributed by atoms with Gasteiger partial charge in [-0.1, -0.05) is 18.5 Å². The first kappa shape index (κ1) is 15.4. The molecule has 12 heteroatoms. The van der Waals surface area contributed by atoms with Crippen LogP contribution in [0.1, 0.15) is 11.6 Å². The summed E-state index contributed by atoms with van der Waals surface area (Å²) in [6.45, 7) is 1.72. The zero-order valence-electron chi connectivity index (χ0n) is 14.2. The average Bonchev–Trinajstić information content (AvgIpc) is 3.37. The zero-order valence-corrected chi connectivity index (χ0v) is 14.2. The summed E-state index contributed by atoms with van der Waals surface area (Å²) in [6, 6.07) is 5.44. The largest absolute Gasteiger partial charge is 0.586 e. The summed E-state index contributed by atoms with van der Waals surface area (Å²) in [4.78, 5) is 12.3. The number of aromatic nitrogens is 9. The maximum absolute atomic E-state index is 13.4. The molecular weight excluding hydrogens is 375 g/mol. The van der Waals surface area contributed by atoms with Gasteiger partial charge in [0.25, 0.3) is 17.2 Å². The minimum Gasteiger partial charge on any atom is -0.251 e. The van der Waals surface area contributed by atoms with Crippen LogP contribution in [-0.4, -0.2) is 34.5 Å². The molecule has 0 aromatic carbocycles. The minimum absolute atomic E-state index is 0.0451. The maximum Gasteiger partial charge on any atom is 0.586 e. The highest BCUT2D eigenvalue weighted by molar-refractivity contribution is 5.51. The lowest BCUT2D eigenvalue weighted by Crippen LogP contribution is -2.77. The van der Waals surface area contributed by atoms with E-state index in [-0.39, 0.29) is 5.82 Å². The van der Waals surface area contributed by atoms with Crippen LogP contribution in [0.15, 0.2) is 43.0 Å². The Morgan fingerprint density at radius 3 is 2.54 bits per heavy atom. The van der Waals surface area contributed by atoms with Crippen LogP contribution in [0.2, 0.25) is 0 Å². The van der Waals surface area contributed by atoms with Gasteiger partial charge in [-0.15, -0.1) is 10.2 Å². The maximum atomic E-state index is 13.4. The Bertz CT molecular complexity index is 1290. The molecular formula is C16H10F3N9+2. The molecule has 0 radical (unpaired) electrons. The zero-order chi connectivity index (χ0) is 19.3. The fraction of sp³-hybridized carbons (Fsp3) is 0.188. The van der Waals surface area contributed by atoms with Gasteiger partial charge in [0.05, 0.1) is 6.20 Å². The molecule has 1 unspecified atom stereocenters. The molecule has 28 heavy (non-hydrogen) atoms. The van der Waals surface area contributed by atoms with E-state index < -0.39 is 17.9 Å². The molecule has 0 amide bonds. The van der Waals surface area contributed by atoms with E-state index in [1.807, 2.05) is 12.1 Å². The van der Waals surface area contributed by atoms with Crippen LogP contribution < -0.4 is 9.13 Å². The van der Waals surface area contributed by atoms with Crippen LogP contribution in [0, 0.1) is 6.92 Å². The van der Waals surface area contributed by atoms with Crippen LogP contribution >= 0.6 is 0 Å². The van der Waals surface area contributed by atoms with Crippen molar-refractivity contribution in [2.24, 2.45) is 0 Å². The molecule has 6 heterocycles. The number of fused-ring (bicyclic) bond motifs is 10. The number of hydrogen-bond acceptors (Lipinski definition) is 5. The predicted molar refractivity (Wildman–Crippen MR) is 83.0 cm³/mol. The lowest BCUT2D eigenvalue weighted by atomic mass is 10.3. The van der Waals surface area contributed by atoms with E-state index in [1.54, 1.807) is 45.4 Å². The molecule has 2 aliphatic rings. The quantitative estimate of drug-likeness (QED) is 0.352. The van der Waals surface area contributed by atoms with Crippen molar-refractivity contribution in [3.05, 3.63) is 54.6 Å². The second kappa shape index (κ2) is 4.58. The van der Waals surface area contributed by atoms with E-state index in [0.717, 1.165) is 0 Å². The van der Waals surface area contributed by atoms with E-state index >= 15 is 0 Å². The van der Waals surface area contributed by atoms with Crippen LogP contribution in [-0.2, 0) is 12.1 Å². The van der Waals surface area contributed by atoms with Gasteiger partial charge in [-0.25, -0.2) is 4.98 Å². The van der Waals surface area contributed by atoms with E-state index in [1.165, 1.54) is 10.9 Å². The number of rotatable bonds is 0. The van der Waals surface area contributed by atoms with Crippen LogP contribution in [0.3, 0.4) is 0 Å². The number of nitrogens with zero attached hydrogens (tertiary/aromatic N) is 9. The van der Waals surface area contributed by atoms with Crippen molar-refractivity contribution in [3.63, 3.8) is 0 Å². The average molecular weight is 385 g/mol. The third kappa shape index (κ3) is 1.57. The van der Waals surface area contributed by atoms with Gasteiger partial charge < -0.3 is 0 Å². The number of alkyl halides is 3. The third-order valence-corrected chi connectivity index (χ3v) is 4.86. The molecule has 138 valence electrons. The molecule has 0 saturated heterocycles. The van der Waals surface area contributed by atoms with Crippen molar-refractivity contribution < 1.29 is 22.3 Å². The summed E-state index contributed by atoms with van der Waals surface area (Å²) < 4.78 is 46.5. The van der Waals surface area contributed by atoms with E-state index in [9.17, 15) is 13.2 Å². The number of hydrogen-bond donors (Lipinski definition) is 0. The molecule has 2 aliphatic heterocycles. The standard InChI is InChI=1S/C16H10F3N9/c1-9-21-12-10-4-2-3-6-25(10)16(27(12)23-9)26-7-5-20-8-11(26)13-22-14(15(17,18)19)24-28(13)16/h2-8H,1H3/q+2. The smallest absolute Gasteiger partial charge is 0.251 e. The number of halogens is 3. The van der Waals surface area contributed by atoms with Crippen LogP contribution in [0.25, 0.3) is 23.0 Å². The fourth-order valence-electron chi connectivity index (χ4n) is 3.89. The summed E-state index contributed by atoms with van der Waals surface area (Å²) in [5.41, 5.74) is 1.07. The number of pyridine rings is 1. The molecule has 4 aromatic rings. The van der Waals surface area contributed by atoms with Crippen molar-refractivity contribution in [2.75, 3.05) is 0 Å². The SMILES string of the molecule is Cc1nc2n(n1)C1(n3nc(C(F)(F)F)nc3-c3cncc[n+]31)[n+]1ccccc1-2. The van der Waals surface area contributed by atoms with Gasteiger partial charge in [-0.3, -0.25) is 4.98 Å². The number of aryl methyl sites for hydroxylation is 1. The predicted octanol–water partition coefficient (Wildman–Crippen LogP) is 0.340. The Morgan fingerprint density at radius 1 is 0.964 bits per heavy atom. The van der Waals surface area contributed by atoms with Gasteiger partial charge in [-0.05, 0) is 13.0 Å². The molecule has 0 bridgehead atoms. The molecule has 1 spiro atoms. The van der Waals surface area contributed by atoms with Crippen LogP contribution in [0.4, 0.5) is 13.2 Å². The van der Waals surface area contributed by atoms with Gasteiger partial charge in [-0.2, -0.15) is 18.2 Å². The Hall–Kier alpha value is -3.70. The van der Waals surface area contributed by atoms with Crippen molar-refractivity contribution in [3.8, 4) is 23.0 Å². The molecule has 9 nitrogen and oxygen atoms in total. The molecule has 0 fully saturated rings. The van der Waals surface area contributed by atoms with Gasteiger partial charge in [0.2, 0.25) is 11.6 Å². The summed E-state index contributed by atoms with van der Waals surface area (Å²) in [6.07, 6.45) is 1.74. The second-order valence-electron chi connectivity index (χ2n) is 6.45. The van der Waals surface area contributed by atoms with Crippen molar-refractivity contribution in [2.45, 2.75) is 19.0 Å². The highest BCUT2D eigenvalue weighted by Gasteiger charge is 2.71. The minimum atomic E-state index is -4.69. The molecule has 0 saturated carbocycles. The first-order chi connectivity index (χ1) is 13.4. The summed E-state index contributed by atoms with van der Waals surface area (Å²) in [5.74, 6) is -1.56. The monoisotopic (exact) mass is 385 g/mol. The molecule has 4 aromatic heterocycles. The molecule has 0 N–H and O–H groups in total. The van der Waals surface area contributed by atoms with Gasteiger partial charge >= 0.3 is 12.1 Å². The molecule has 6 rings (SSSR count). The fourth-order valence-corrected chi connectivity index (χ4v) is 3.89. The van der Waals surface area contributed by atoms with Crippen molar-refractivity contribution in [1.82, 2.24) is 34.5 Å². The first-order valence-electron chi connectivity index (χ1n) is 8.29. The summed E-state index contributed by atoms with van der Waals surface area (Å²) in [7, 11) is 0. The Labute approximate surface area is 154 Å². The Kier molecular flexibility index (Phi) is 2.51. The topological polar surface area (TPSA) is 82.1 Å². The van der Waals surface area contributed by atoms with Gasteiger partial charge in [0.1, 0.15) is 12.0 Å². The lowest BCUT2D eigenvalue weighted by Gasteiger charge is -2.14. The van der Waals surface area contributed by atoms with Gasteiger partial charge in [0, 0.05) is 12.1 Å². The van der Waals surface area contributed by atoms with Crippen molar-refractivity contribution >= 4 is 0 Å². The highest BCUT2D eigenvalue weighted by atomic mass is 19.4. The second-order valence-corrected chi connectivity index (χ2v) is 6.45. The third-order valence-electron chi connectivity index (χ3n) is 4.86. The van der Waals surface area contributed by atoms with Gasteiger partial charge in [0.15, 0.2) is 12.4 Å². The lowest BCUT2D eigenvalue weighted by molar-refractivity contribution is -0.990. The van der Waals surface area contributed by atoms with E-state index in [0.29, 0.717) is 23.0 Å². The van der Waals surface area contributed by atoms with E-state index in [4.69, 9.17) is 0 Å². The summed E-state index contributed by atoms with van der Waals surface area (Å²) in [5, 5.41) is 8.33. The van der Waals surface area contributed by atoms with Crippen LogP contribution in [0.5, 0.6) is 0 Å². The molecule has 1 atom stereocenters. The molecule has 0 aliphatic carbocycles. The normalized spacial score (nSPS) is 18.9.